The van der Waals surface area contributed by atoms with E-state index in [4.69, 9.17) is 0 Å². The van der Waals surface area contributed by atoms with Crippen LogP contribution in [0, 0.1) is 12.8 Å². The summed E-state index contributed by atoms with van der Waals surface area (Å²) < 4.78 is 0. The van der Waals surface area contributed by atoms with Gasteiger partial charge in [0.25, 0.3) is 0 Å². The standard InChI is InChI=1S/C36H44O.C2H6/c1-4-29-18-22-33(23-19-29)35-14-9-15-36(28(35)3)34-24-20-30(21-25-34)16-17-32-13-8-7-12-31(26-32)11-6-5-10-27(2)37;1-2/h8-9,12-17,20-21,24-26,29,33H,4-7,10-11,18-19,22-23H2,1-3H3;1-2H3/b17-16-;. The molecule has 1 heteroatoms. The van der Waals surface area contributed by atoms with E-state index in [1.165, 1.54) is 65.5 Å². The van der Waals surface area contributed by atoms with Crippen molar-refractivity contribution < 1.29 is 4.79 Å². The van der Waals surface area contributed by atoms with E-state index in [2.05, 4.69) is 92.8 Å². The molecule has 0 radical (unpaired) electrons. The van der Waals surface area contributed by atoms with E-state index in [1.54, 1.807) is 12.5 Å². The number of carbonyl (C=O) groups excluding carboxylic acids is 1. The minimum Gasteiger partial charge on any atom is -0.300 e. The molecule has 0 spiro atoms. The summed E-state index contributed by atoms with van der Waals surface area (Å²) in [6.45, 7) is 10.3. The topological polar surface area (TPSA) is 17.1 Å². The van der Waals surface area contributed by atoms with Gasteiger partial charge in [0.05, 0.1) is 0 Å². The Hall–Kier alpha value is -2.93. The first-order chi connectivity index (χ1) is 19.0. The summed E-state index contributed by atoms with van der Waals surface area (Å²) in [5.74, 6) is 1.95. The highest BCUT2D eigenvalue weighted by molar-refractivity contribution is 5.75. The molecule has 208 valence electrons. The first-order valence-corrected chi connectivity index (χ1v) is 15.5. The third kappa shape index (κ3) is 9.34. The van der Waals surface area contributed by atoms with Gasteiger partial charge in [0.1, 0.15) is 5.78 Å². The number of unbranched alkanes of at least 4 members (excludes halogenated alkanes) is 1. The Labute approximate surface area is 238 Å². The van der Waals surface area contributed by atoms with Gasteiger partial charge in [-0.25, -0.2) is 0 Å². The maximum Gasteiger partial charge on any atom is 0.129 e. The average Bonchev–Trinajstić information content (AvgIpc) is 3.21. The van der Waals surface area contributed by atoms with Gasteiger partial charge < -0.3 is 4.79 Å². The lowest BCUT2D eigenvalue weighted by Gasteiger charge is -2.29. The Morgan fingerprint density at radius 2 is 1.69 bits per heavy atom. The van der Waals surface area contributed by atoms with Gasteiger partial charge in [-0.2, -0.15) is 0 Å². The van der Waals surface area contributed by atoms with Crippen molar-refractivity contribution in [2.75, 3.05) is 0 Å². The lowest BCUT2D eigenvalue weighted by Crippen LogP contribution is -2.13. The van der Waals surface area contributed by atoms with E-state index in [0.29, 0.717) is 12.2 Å². The van der Waals surface area contributed by atoms with Crippen LogP contribution in [0.2, 0.25) is 0 Å². The fourth-order valence-electron chi connectivity index (χ4n) is 5.98. The highest BCUT2D eigenvalue weighted by Gasteiger charge is 2.23. The molecule has 0 heterocycles. The molecule has 0 atom stereocenters. The fraction of sp³-hybridized carbons (Fsp3) is 0.447. The molecule has 4 rings (SSSR count). The molecule has 0 bridgehead atoms. The normalized spacial score (nSPS) is 19.1. The van der Waals surface area contributed by atoms with E-state index in [1.807, 2.05) is 13.8 Å². The lowest BCUT2D eigenvalue weighted by atomic mass is 9.76. The Bertz CT molecular complexity index is 1160. The monoisotopic (exact) mass is 522 g/mol. The molecule has 0 amide bonds. The molecule has 1 nitrogen and oxygen atoms in total. The van der Waals surface area contributed by atoms with E-state index in [9.17, 15) is 4.79 Å². The molecule has 0 unspecified atom stereocenters. The molecule has 0 aliphatic heterocycles. The second-order valence-corrected chi connectivity index (χ2v) is 11.1. The highest BCUT2D eigenvalue weighted by atomic mass is 16.1. The van der Waals surface area contributed by atoms with Gasteiger partial charge in [-0.3, -0.25) is 0 Å². The number of allylic oxidation sites excluding steroid dienone is 7. The van der Waals surface area contributed by atoms with Gasteiger partial charge >= 0.3 is 0 Å². The van der Waals surface area contributed by atoms with E-state index in [0.717, 1.165) is 37.5 Å². The summed E-state index contributed by atoms with van der Waals surface area (Å²) in [4.78, 5) is 11.2. The second kappa shape index (κ2) is 16.2. The molecule has 2 aliphatic rings. The molecule has 39 heavy (non-hydrogen) atoms. The second-order valence-electron chi connectivity index (χ2n) is 11.1. The van der Waals surface area contributed by atoms with Crippen LogP contribution in [0.15, 0.2) is 84.0 Å². The molecule has 0 N–H and O–H groups in total. The van der Waals surface area contributed by atoms with E-state index in [-0.39, 0.29) is 0 Å². The van der Waals surface area contributed by atoms with Crippen LogP contribution in [0.3, 0.4) is 0 Å². The summed E-state index contributed by atoms with van der Waals surface area (Å²) in [6.07, 6.45) is 25.0. The van der Waals surface area contributed by atoms with Gasteiger partial charge in [-0.05, 0) is 110 Å². The van der Waals surface area contributed by atoms with Crippen LogP contribution in [0.5, 0.6) is 0 Å². The summed E-state index contributed by atoms with van der Waals surface area (Å²) in [5.41, 5.74) is 9.54. The van der Waals surface area contributed by atoms with Crippen LogP contribution in [0.4, 0.5) is 0 Å². The first-order valence-electron chi connectivity index (χ1n) is 15.5. The minimum absolute atomic E-state index is 0.291. The van der Waals surface area contributed by atoms with Crippen molar-refractivity contribution in [1.82, 2.24) is 0 Å². The predicted octanol–water partition coefficient (Wildman–Crippen LogP) is 11.3. The molecule has 1 fully saturated rings. The van der Waals surface area contributed by atoms with Crippen LogP contribution in [0.25, 0.3) is 17.2 Å². The Kier molecular flexibility index (Phi) is 12.7. The molecule has 0 aromatic heterocycles. The van der Waals surface area contributed by atoms with Crippen molar-refractivity contribution in [3.05, 3.63) is 101 Å². The summed E-state index contributed by atoms with van der Waals surface area (Å²) >= 11 is 0. The minimum atomic E-state index is 0.291. The summed E-state index contributed by atoms with van der Waals surface area (Å²) in [6, 6.07) is 15.9. The number of hydrogen-bond acceptors (Lipinski definition) is 1. The zero-order valence-corrected chi connectivity index (χ0v) is 25.1. The van der Waals surface area contributed by atoms with Crippen LogP contribution in [-0.4, -0.2) is 5.78 Å². The average molecular weight is 523 g/mol. The maximum absolute atomic E-state index is 11.2. The van der Waals surface area contributed by atoms with Crippen LogP contribution in [-0.2, 0) is 4.79 Å². The smallest absolute Gasteiger partial charge is 0.129 e. The number of ketones is 1. The van der Waals surface area contributed by atoms with Crippen LogP contribution >= 0.6 is 0 Å². The third-order valence-electron chi connectivity index (χ3n) is 8.35. The maximum atomic E-state index is 11.2. The summed E-state index contributed by atoms with van der Waals surface area (Å²) in [5, 5.41) is 0. The third-order valence-corrected chi connectivity index (χ3v) is 8.35. The van der Waals surface area contributed by atoms with Gasteiger partial charge in [-0.15, -0.1) is 0 Å². The molecule has 2 aromatic rings. The molecule has 1 saturated carbocycles. The predicted molar refractivity (Wildman–Crippen MR) is 171 cm³/mol. The molecule has 2 aliphatic carbocycles. The zero-order chi connectivity index (χ0) is 28.0. The summed E-state index contributed by atoms with van der Waals surface area (Å²) in [7, 11) is 0. The van der Waals surface area contributed by atoms with Gasteiger partial charge in [0, 0.05) is 6.42 Å². The van der Waals surface area contributed by atoms with Crippen LogP contribution in [0.1, 0.15) is 115 Å². The van der Waals surface area contributed by atoms with Crippen LogP contribution < -0.4 is 0 Å². The van der Waals surface area contributed by atoms with Gasteiger partial charge in [-0.1, -0.05) is 112 Å². The number of hydrogen-bond donors (Lipinski definition) is 0. The largest absolute Gasteiger partial charge is 0.300 e. The quantitative estimate of drug-likeness (QED) is 0.284. The number of rotatable bonds is 10. The molecule has 0 saturated heterocycles. The van der Waals surface area contributed by atoms with Gasteiger partial charge in [0.2, 0.25) is 0 Å². The Balaban J connectivity index is 0.00000205. The lowest BCUT2D eigenvalue weighted by molar-refractivity contribution is -0.117. The van der Waals surface area contributed by atoms with Crippen molar-refractivity contribution in [3.8, 4) is 11.1 Å². The Morgan fingerprint density at radius 3 is 2.38 bits per heavy atom. The highest BCUT2D eigenvalue weighted by Crippen LogP contribution is 2.40. The molecular weight excluding hydrogens is 472 g/mol. The van der Waals surface area contributed by atoms with Crippen molar-refractivity contribution in [3.63, 3.8) is 0 Å². The van der Waals surface area contributed by atoms with E-state index < -0.39 is 0 Å². The zero-order valence-electron chi connectivity index (χ0n) is 25.1. The number of benzene rings is 2. The first kappa shape index (κ1) is 30.6. The van der Waals surface area contributed by atoms with Gasteiger partial charge in [0.15, 0.2) is 0 Å². The van der Waals surface area contributed by atoms with Crippen molar-refractivity contribution in [2.24, 2.45) is 5.92 Å². The van der Waals surface area contributed by atoms with E-state index >= 15 is 0 Å². The van der Waals surface area contributed by atoms with Crippen molar-refractivity contribution in [2.45, 2.75) is 105 Å². The van der Waals surface area contributed by atoms with Crippen molar-refractivity contribution >= 4 is 11.9 Å². The van der Waals surface area contributed by atoms with Crippen molar-refractivity contribution in [1.29, 1.82) is 0 Å². The Morgan fingerprint density at radius 1 is 0.949 bits per heavy atom. The fourth-order valence-corrected chi connectivity index (χ4v) is 5.98. The number of carbonyl (C=O) groups is 1. The number of Topliss-reactive ketones (excluding diaryl/α,β-unsaturated/α-hetero) is 1. The molecule has 2 aromatic carbocycles. The SMILES string of the molecule is CC.CCC1CCC(c2cccc(-c3ccc(/C=C\C4=CC(CCCCC(C)=O)=CCC=C4)cc3)c2C)CC1. The molecular formula is C38H50O.